The van der Waals surface area contributed by atoms with Crippen molar-refractivity contribution in [1.82, 2.24) is 5.32 Å². The number of anilines is 2. The normalized spacial score (nSPS) is 16.7. The zero-order valence-corrected chi connectivity index (χ0v) is 14.5. The lowest BCUT2D eigenvalue weighted by Gasteiger charge is -2.26. The largest absolute Gasteiger partial charge is 0.367 e. The predicted octanol–water partition coefficient (Wildman–Crippen LogP) is 3.80. The Morgan fingerprint density at radius 1 is 1.12 bits per heavy atom. The van der Waals surface area contributed by atoms with Gasteiger partial charge in [-0.3, -0.25) is 10.1 Å². The highest BCUT2D eigenvalue weighted by Crippen LogP contribution is 2.31. The molecule has 1 saturated heterocycles. The van der Waals surface area contributed by atoms with E-state index in [0.29, 0.717) is 16.7 Å². The van der Waals surface area contributed by atoms with Crippen molar-refractivity contribution in [3.8, 4) is 0 Å². The molecule has 2 N–H and O–H groups in total. The Morgan fingerprint density at radius 2 is 1.83 bits per heavy atom. The van der Waals surface area contributed by atoms with E-state index >= 15 is 0 Å². The van der Waals surface area contributed by atoms with Crippen LogP contribution in [-0.2, 0) is 0 Å². The van der Waals surface area contributed by atoms with Gasteiger partial charge in [0.05, 0.1) is 11.4 Å². The summed E-state index contributed by atoms with van der Waals surface area (Å²) in [5.74, 6) is -0.208. The Hall–Kier alpha value is -2.40. The molecule has 1 amide bonds. The molecule has 2 aromatic rings. The lowest BCUT2D eigenvalue weighted by Crippen LogP contribution is -2.35. The molecule has 3 rings (SSSR count). The van der Waals surface area contributed by atoms with Crippen molar-refractivity contribution in [2.45, 2.75) is 25.8 Å². The summed E-state index contributed by atoms with van der Waals surface area (Å²) >= 11 is 5.31. The van der Waals surface area contributed by atoms with Crippen LogP contribution in [0.25, 0.3) is 0 Å². The smallest absolute Gasteiger partial charge is 0.257 e. The fourth-order valence-electron chi connectivity index (χ4n) is 3.04. The van der Waals surface area contributed by atoms with Crippen LogP contribution in [0.4, 0.5) is 11.4 Å². The van der Waals surface area contributed by atoms with E-state index in [2.05, 4.69) is 28.5 Å². The fourth-order valence-corrected chi connectivity index (χ4v) is 3.24. The SMILES string of the molecule is CC1CCCN1c1ccccc1NC(=S)NC(=O)c1ccccc1. The van der Waals surface area contributed by atoms with E-state index in [0.717, 1.165) is 17.9 Å². The highest BCUT2D eigenvalue weighted by atomic mass is 32.1. The van der Waals surface area contributed by atoms with Crippen LogP contribution in [0.1, 0.15) is 30.1 Å². The first-order valence-corrected chi connectivity index (χ1v) is 8.59. The van der Waals surface area contributed by atoms with Gasteiger partial charge in [-0.15, -0.1) is 0 Å². The van der Waals surface area contributed by atoms with Crippen LogP contribution in [0.3, 0.4) is 0 Å². The minimum atomic E-state index is -0.208. The Morgan fingerprint density at radius 3 is 2.54 bits per heavy atom. The number of benzene rings is 2. The topological polar surface area (TPSA) is 44.4 Å². The summed E-state index contributed by atoms with van der Waals surface area (Å²) in [6, 6.07) is 17.6. The number of hydrogen-bond donors (Lipinski definition) is 2. The van der Waals surface area contributed by atoms with Gasteiger partial charge in [0.1, 0.15) is 0 Å². The average Bonchev–Trinajstić information content (AvgIpc) is 3.02. The molecule has 0 aliphatic carbocycles. The first-order chi connectivity index (χ1) is 11.6. The second-order valence-corrected chi connectivity index (χ2v) is 6.38. The van der Waals surface area contributed by atoms with Crippen molar-refractivity contribution in [2.75, 3.05) is 16.8 Å². The van der Waals surface area contributed by atoms with Crippen molar-refractivity contribution in [3.05, 3.63) is 60.2 Å². The lowest BCUT2D eigenvalue weighted by molar-refractivity contribution is 0.0977. The third-order valence-electron chi connectivity index (χ3n) is 4.28. The minimum absolute atomic E-state index is 0.208. The maximum atomic E-state index is 12.2. The van der Waals surface area contributed by atoms with Gasteiger partial charge in [0.15, 0.2) is 5.11 Å². The van der Waals surface area contributed by atoms with Crippen molar-refractivity contribution < 1.29 is 4.79 Å². The van der Waals surface area contributed by atoms with Crippen LogP contribution >= 0.6 is 12.2 Å². The minimum Gasteiger partial charge on any atom is -0.367 e. The fraction of sp³-hybridized carbons (Fsp3) is 0.263. The predicted molar refractivity (Wildman–Crippen MR) is 103 cm³/mol. The first-order valence-electron chi connectivity index (χ1n) is 8.18. The molecule has 5 heteroatoms. The molecule has 1 unspecified atom stereocenters. The van der Waals surface area contributed by atoms with Crippen LogP contribution in [0.15, 0.2) is 54.6 Å². The van der Waals surface area contributed by atoms with Crippen LogP contribution in [0.5, 0.6) is 0 Å². The third kappa shape index (κ3) is 3.74. The van der Waals surface area contributed by atoms with Crippen LogP contribution in [-0.4, -0.2) is 23.6 Å². The second-order valence-electron chi connectivity index (χ2n) is 5.98. The second kappa shape index (κ2) is 7.45. The molecule has 1 heterocycles. The van der Waals surface area contributed by atoms with E-state index < -0.39 is 0 Å². The van der Waals surface area contributed by atoms with Crippen LogP contribution < -0.4 is 15.5 Å². The zero-order valence-electron chi connectivity index (χ0n) is 13.7. The number of carbonyl (C=O) groups excluding carboxylic acids is 1. The molecule has 1 aliphatic heterocycles. The number of hydrogen-bond acceptors (Lipinski definition) is 3. The zero-order chi connectivity index (χ0) is 16.9. The van der Waals surface area contributed by atoms with E-state index in [4.69, 9.17) is 12.2 Å². The van der Waals surface area contributed by atoms with Gasteiger partial charge in [-0.1, -0.05) is 30.3 Å². The lowest BCUT2D eigenvalue weighted by atomic mass is 10.2. The van der Waals surface area contributed by atoms with E-state index in [9.17, 15) is 4.79 Å². The number of carbonyl (C=O) groups is 1. The number of nitrogens with one attached hydrogen (secondary N) is 2. The molecule has 1 fully saturated rings. The number of nitrogens with zero attached hydrogens (tertiary/aromatic N) is 1. The molecule has 0 aromatic heterocycles. The van der Waals surface area contributed by atoms with Gasteiger partial charge in [0.2, 0.25) is 0 Å². The highest BCUT2D eigenvalue weighted by Gasteiger charge is 2.22. The Labute approximate surface area is 147 Å². The van der Waals surface area contributed by atoms with Gasteiger partial charge in [-0.25, -0.2) is 0 Å². The van der Waals surface area contributed by atoms with Gasteiger partial charge in [-0.2, -0.15) is 0 Å². The van der Waals surface area contributed by atoms with E-state index in [-0.39, 0.29) is 5.91 Å². The maximum Gasteiger partial charge on any atom is 0.257 e. The van der Waals surface area contributed by atoms with Gasteiger partial charge >= 0.3 is 0 Å². The number of thiocarbonyl (C=S) groups is 1. The molecular formula is C19H21N3OS. The first kappa shape index (κ1) is 16.5. The summed E-state index contributed by atoms with van der Waals surface area (Å²) in [6.45, 7) is 3.28. The molecule has 0 bridgehead atoms. The average molecular weight is 339 g/mol. The quantitative estimate of drug-likeness (QED) is 0.835. The summed E-state index contributed by atoms with van der Waals surface area (Å²) in [5, 5.41) is 6.21. The standard InChI is InChI=1S/C19H21N3OS/c1-14-8-7-13-22(14)17-12-6-5-11-16(17)20-19(24)21-18(23)15-9-3-2-4-10-15/h2-6,9-12,14H,7-8,13H2,1H3,(H2,20,21,23,24). The van der Waals surface area contributed by atoms with Crippen molar-refractivity contribution in [3.63, 3.8) is 0 Å². The summed E-state index contributed by atoms with van der Waals surface area (Å²) in [4.78, 5) is 14.6. The number of amides is 1. The number of para-hydroxylation sites is 2. The summed E-state index contributed by atoms with van der Waals surface area (Å²) < 4.78 is 0. The molecule has 1 atom stereocenters. The molecule has 124 valence electrons. The van der Waals surface area contributed by atoms with E-state index in [1.807, 2.05) is 36.4 Å². The molecule has 2 aromatic carbocycles. The summed E-state index contributed by atoms with van der Waals surface area (Å²) in [7, 11) is 0. The van der Waals surface area contributed by atoms with Crippen molar-refractivity contribution in [2.24, 2.45) is 0 Å². The molecule has 0 saturated carbocycles. The molecule has 24 heavy (non-hydrogen) atoms. The number of rotatable bonds is 3. The van der Waals surface area contributed by atoms with E-state index in [1.54, 1.807) is 12.1 Å². The Bertz CT molecular complexity index is 732. The molecule has 0 spiro atoms. The van der Waals surface area contributed by atoms with Gasteiger partial charge < -0.3 is 10.2 Å². The third-order valence-corrected chi connectivity index (χ3v) is 4.48. The van der Waals surface area contributed by atoms with E-state index in [1.165, 1.54) is 12.8 Å². The molecule has 4 nitrogen and oxygen atoms in total. The Kier molecular flexibility index (Phi) is 5.11. The maximum absolute atomic E-state index is 12.2. The van der Waals surface area contributed by atoms with Crippen LogP contribution in [0.2, 0.25) is 0 Å². The van der Waals surface area contributed by atoms with Gasteiger partial charge in [-0.05, 0) is 56.2 Å². The Balaban J connectivity index is 1.70. The van der Waals surface area contributed by atoms with Crippen LogP contribution in [0, 0.1) is 0 Å². The summed E-state index contributed by atoms with van der Waals surface area (Å²) in [5.41, 5.74) is 2.63. The van der Waals surface area contributed by atoms with Crippen molar-refractivity contribution >= 4 is 34.6 Å². The summed E-state index contributed by atoms with van der Waals surface area (Å²) in [6.07, 6.45) is 2.40. The molecular weight excluding hydrogens is 318 g/mol. The van der Waals surface area contributed by atoms with Gasteiger partial charge in [0.25, 0.3) is 5.91 Å². The van der Waals surface area contributed by atoms with Gasteiger partial charge in [0, 0.05) is 18.2 Å². The molecule has 1 aliphatic rings. The van der Waals surface area contributed by atoms with Crippen molar-refractivity contribution in [1.29, 1.82) is 0 Å². The molecule has 0 radical (unpaired) electrons. The monoisotopic (exact) mass is 339 g/mol. The highest BCUT2D eigenvalue weighted by molar-refractivity contribution is 7.80.